The van der Waals surface area contributed by atoms with Gasteiger partial charge in [-0.25, -0.2) is 8.78 Å². The third kappa shape index (κ3) is 3.21. The monoisotopic (exact) mass is 260 g/mol. The molecule has 2 aliphatic rings. The first-order chi connectivity index (χ1) is 8.32. The highest BCUT2D eigenvalue weighted by Gasteiger charge is 2.42. The maximum absolute atomic E-state index is 13.3. The Labute approximate surface area is 109 Å². The molecule has 0 bridgehead atoms. The summed E-state index contributed by atoms with van der Waals surface area (Å²) in [5.41, 5.74) is 0.0869. The highest BCUT2D eigenvalue weighted by atomic mass is 19.3. The molecule has 4 heteroatoms. The predicted octanol–water partition coefficient (Wildman–Crippen LogP) is 2.88. The van der Waals surface area contributed by atoms with Crippen molar-refractivity contribution in [2.75, 3.05) is 19.6 Å². The van der Waals surface area contributed by atoms with Crippen molar-refractivity contribution in [2.24, 2.45) is 5.92 Å². The van der Waals surface area contributed by atoms with Crippen LogP contribution in [0.2, 0.25) is 0 Å². The Morgan fingerprint density at radius 2 is 2.06 bits per heavy atom. The maximum atomic E-state index is 13.3. The second-order valence-corrected chi connectivity index (χ2v) is 6.67. The molecule has 2 fully saturated rings. The maximum Gasteiger partial charge on any atom is 0.248 e. The van der Waals surface area contributed by atoms with Crippen LogP contribution in [-0.4, -0.2) is 42.0 Å². The second kappa shape index (κ2) is 5.04. The molecule has 1 heterocycles. The standard InChI is InChI=1S/C14H26F2N2/c1-4-12-9-18(13(2,3)10-17-12)8-11-5-6-14(15,16)7-11/h11-12,17H,4-10H2,1-3H3. The zero-order chi connectivity index (χ0) is 13.4. The minimum absolute atomic E-state index is 0.0847. The SMILES string of the molecule is CCC1CN(CC2CCC(F)(F)C2)C(C)(C)CN1. The van der Waals surface area contributed by atoms with E-state index in [0.29, 0.717) is 12.5 Å². The summed E-state index contributed by atoms with van der Waals surface area (Å²) in [6.45, 7) is 9.37. The molecule has 106 valence electrons. The summed E-state index contributed by atoms with van der Waals surface area (Å²) in [4.78, 5) is 2.42. The number of hydrogen-bond donors (Lipinski definition) is 1. The van der Waals surface area contributed by atoms with Gasteiger partial charge in [0.25, 0.3) is 0 Å². The Morgan fingerprint density at radius 1 is 1.33 bits per heavy atom. The third-order valence-electron chi connectivity index (χ3n) is 4.60. The molecule has 1 saturated heterocycles. The van der Waals surface area contributed by atoms with Crippen LogP contribution in [0.1, 0.15) is 46.5 Å². The Bertz CT molecular complexity index is 292. The number of piperazine rings is 1. The van der Waals surface area contributed by atoms with Gasteiger partial charge in [-0.3, -0.25) is 4.90 Å². The summed E-state index contributed by atoms with van der Waals surface area (Å²) >= 11 is 0. The van der Waals surface area contributed by atoms with Crippen LogP contribution in [0, 0.1) is 5.92 Å². The molecule has 0 aromatic heterocycles. The van der Waals surface area contributed by atoms with Gasteiger partial charge in [-0.1, -0.05) is 6.92 Å². The lowest BCUT2D eigenvalue weighted by Crippen LogP contribution is -2.62. The lowest BCUT2D eigenvalue weighted by molar-refractivity contribution is -0.00230. The molecule has 1 aliphatic carbocycles. The number of halogens is 2. The summed E-state index contributed by atoms with van der Waals surface area (Å²) in [7, 11) is 0. The molecule has 1 saturated carbocycles. The van der Waals surface area contributed by atoms with E-state index in [-0.39, 0.29) is 24.3 Å². The molecule has 2 nitrogen and oxygen atoms in total. The van der Waals surface area contributed by atoms with Crippen molar-refractivity contribution in [3.05, 3.63) is 0 Å². The molecular formula is C14H26F2N2. The number of rotatable bonds is 3. The quantitative estimate of drug-likeness (QED) is 0.839. The first kappa shape index (κ1) is 14.2. The lowest BCUT2D eigenvalue weighted by Gasteiger charge is -2.47. The van der Waals surface area contributed by atoms with E-state index in [1.807, 2.05) is 0 Å². The van der Waals surface area contributed by atoms with E-state index in [0.717, 1.165) is 26.1 Å². The zero-order valence-electron chi connectivity index (χ0n) is 11.8. The Hall–Kier alpha value is -0.220. The van der Waals surface area contributed by atoms with E-state index in [1.54, 1.807) is 0 Å². The van der Waals surface area contributed by atoms with Crippen LogP contribution in [-0.2, 0) is 0 Å². The van der Waals surface area contributed by atoms with Crippen molar-refractivity contribution < 1.29 is 8.78 Å². The fourth-order valence-corrected chi connectivity index (χ4v) is 3.19. The Kier molecular flexibility index (Phi) is 3.98. The van der Waals surface area contributed by atoms with Gasteiger partial charge in [0.1, 0.15) is 0 Å². The summed E-state index contributed by atoms with van der Waals surface area (Å²) in [5, 5.41) is 3.54. The van der Waals surface area contributed by atoms with Gasteiger partial charge in [0.15, 0.2) is 0 Å². The second-order valence-electron chi connectivity index (χ2n) is 6.67. The van der Waals surface area contributed by atoms with Crippen LogP contribution >= 0.6 is 0 Å². The van der Waals surface area contributed by atoms with Gasteiger partial charge in [-0.05, 0) is 32.6 Å². The van der Waals surface area contributed by atoms with Crippen LogP contribution in [0.5, 0.6) is 0 Å². The van der Waals surface area contributed by atoms with Gasteiger partial charge in [-0.2, -0.15) is 0 Å². The molecule has 0 aromatic carbocycles. The van der Waals surface area contributed by atoms with Gasteiger partial charge in [0.05, 0.1) is 0 Å². The van der Waals surface area contributed by atoms with Crippen molar-refractivity contribution >= 4 is 0 Å². The number of nitrogens with zero attached hydrogens (tertiary/aromatic N) is 1. The largest absolute Gasteiger partial charge is 0.311 e. The fraction of sp³-hybridized carbons (Fsp3) is 1.00. The third-order valence-corrected chi connectivity index (χ3v) is 4.60. The average molecular weight is 260 g/mol. The smallest absolute Gasteiger partial charge is 0.248 e. The molecule has 0 amide bonds. The van der Waals surface area contributed by atoms with Crippen LogP contribution < -0.4 is 5.32 Å². The molecule has 1 N–H and O–H groups in total. The van der Waals surface area contributed by atoms with E-state index in [9.17, 15) is 8.78 Å². The molecule has 0 spiro atoms. The van der Waals surface area contributed by atoms with E-state index < -0.39 is 5.92 Å². The summed E-state index contributed by atoms with van der Waals surface area (Å²) in [5.74, 6) is -2.23. The van der Waals surface area contributed by atoms with Crippen molar-refractivity contribution in [3.63, 3.8) is 0 Å². The van der Waals surface area contributed by atoms with Crippen LogP contribution in [0.3, 0.4) is 0 Å². The number of hydrogen-bond acceptors (Lipinski definition) is 2. The lowest BCUT2D eigenvalue weighted by atomic mass is 9.94. The molecule has 0 radical (unpaired) electrons. The molecule has 2 atom stereocenters. The van der Waals surface area contributed by atoms with E-state index in [4.69, 9.17) is 0 Å². The highest BCUT2D eigenvalue weighted by molar-refractivity contribution is 4.94. The first-order valence-corrected chi connectivity index (χ1v) is 7.19. The van der Waals surface area contributed by atoms with Crippen molar-refractivity contribution in [1.29, 1.82) is 0 Å². The highest BCUT2D eigenvalue weighted by Crippen LogP contribution is 2.40. The van der Waals surface area contributed by atoms with Crippen molar-refractivity contribution in [1.82, 2.24) is 10.2 Å². The fourth-order valence-electron chi connectivity index (χ4n) is 3.19. The van der Waals surface area contributed by atoms with Crippen molar-refractivity contribution in [2.45, 2.75) is 64.0 Å². The Morgan fingerprint density at radius 3 is 2.61 bits per heavy atom. The van der Waals surface area contributed by atoms with Crippen LogP contribution in [0.15, 0.2) is 0 Å². The predicted molar refractivity (Wildman–Crippen MR) is 70.0 cm³/mol. The number of nitrogens with one attached hydrogen (secondary N) is 1. The van der Waals surface area contributed by atoms with E-state index in [1.165, 1.54) is 0 Å². The van der Waals surface area contributed by atoms with Crippen LogP contribution in [0.4, 0.5) is 8.78 Å². The zero-order valence-corrected chi connectivity index (χ0v) is 11.8. The van der Waals surface area contributed by atoms with Gasteiger partial charge < -0.3 is 5.32 Å². The summed E-state index contributed by atoms with van der Waals surface area (Å²) in [6, 6.07) is 0.514. The Balaban J connectivity index is 1.93. The first-order valence-electron chi connectivity index (χ1n) is 7.19. The van der Waals surface area contributed by atoms with Gasteiger partial charge in [-0.15, -0.1) is 0 Å². The summed E-state index contributed by atoms with van der Waals surface area (Å²) < 4.78 is 26.5. The molecule has 0 aromatic rings. The van der Waals surface area contributed by atoms with E-state index >= 15 is 0 Å². The van der Waals surface area contributed by atoms with Gasteiger partial charge in [0, 0.05) is 44.1 Å². The van der Waals surface area contributed by atoms with Gasteiger partial charge >= 0.3 is 0 Å². The number of alkyl halides is 2. The molecule has 1 aliphatic heterocycles. The molecule has 2 rings (SSSR count). The minimum atomic E-state index is -2.41. The van der Waals surface area contributed by atoms with Crippen LogP contribution in [0.25, 0.3) is 0 Å². The molecular weight excluding hydrogens is 234 g/mol. The van der Waals surface area contributed by atoms with Crippen molar-refractivity contribution in [3.8, 4) is 0 Å². The van der Waals surface area contributed by atoms with Gasteiger partial charge in [0.2, 0.25) is 5.92 Å². The normalized spacial score (nSPS) is 35.8. The molecule has 2 unspecified atom stereocenters. The average Bonchev–Trinajstić information content (AvgIpc) is 2.61. The minimum Gasteiger partial charge on any atom is -0.311 e. The topological polar surface area (TPSA) is 15.3 Å². The molecule has 18 heavy (non-hydrogen) atoms. The van der Waals surface area contributed by atoms with E-state index in [2.05, 4.69) is 31.0 Å². The summed E-state index contributed by atoms with van der Waals surface area (Å²) in [6.07, 6.45) is 1.96.